The van der Waals surface area contributed by atoms with Crippen molar-refractivity contribution in [1.29, 1.82) is 0 Å². The van der Waals surface area contributed by atoms with Crippen molar-refractivity contribution in [2.75, 3.05) is 6.61 Å². The standard InChI is InChI=1S/C7H13O4P/c1-4-12(8,9)10-5-6-7(2,3)11-6/h4,6H,1,5H2,2-3H3,(H,8,9). The summed E-state index contributed by atoms with van der Waals surface area (Å²) in [5, 5.41) is 0. The third-order valence-corrected chi connectivity index (χ3v) is 2.79. The van der Waals surface area contributed by atoms with Gasteiger partial charge in [-0.3, -0.25) is 4.57 Å². The van der Waals surface area contributed by atoms with Crippen LogP contribution < -0.4 is 0 Å². The molecule has 1 heterocycles. The van der Waals surface area contributed by atoms with Crippen molar-refractivity contribution >= 4 is 7.60 Å². The highest BCUT2D eigenvalue weighted by atomic mass is 31.2. The average molecular weight is 192 g/mol. The van der Waals surface area contributed by atoms with Crippen molar-refractivity contribution in [2.45, 2.75) is 25.6 Å². The van der Waals surface area contributed by atoms with E-state index in [4.69, 9.17) is 14.2 Å². The molecular formula is C7H13O4P. The van der Waals surface area contributed by atoms with Crippen LogP contribution in [0.2, 0.25) is 0 Å². The minimum absolute atomic E-state index is 0.0714. The Bertz CT molecular complexity index is 236. The molecule has 5 heteroatoms. The molecule has 1 saturated heterocycles. The Morgan fingerprint density at radius 3 is 2.67 bits per heavy atom. The number of hydrogen-bond acceptors (Lipinski definition) is 3. The van der Waals surface area contributed by atoms with Crippen LogP contribution in [0.25, 0.3) is 0 Å². The van der Waals surface area contributed by atoms with Gasteiger partial charge in [-0.2, -0.15) is 0 Å². The fourth-order valence-electron chi connectivity index (χ4n) is 0.795. The highest BCUT2D eigenvalue weighted by molar-refractivity contribution is 7.56. The Hall–Kier alpha value is -0.150. The fraction of sp³-hybridized carbons (Fsp3) is 0.714. The van der Waals surface area contributed by atoms with Crippen LogP contribution in [0, 0.1) is 0 Å². The molecule has 0 bridgehead atoms. The molecule has 1 fully saturated rings. The molecule has 12 heavy (non-hydrogen) atoms. The molecule has 1 aliphatic rings. The Balaban J connectivity index is 2.29. The molecule has 2 unspecified atom stereocenters. The molecule has 1 aliphatic heterocycles. The molecule has 0 aromatic carbocycles. The zero-order chi connectivity index (χ0) is 9.41. The van der Waals surface area contributed by atoms with Gasteiger partial charge in [-0.05, 0) is 13.8 Å². The molecule has 0 spiro atoms. The van der Waals surface area contributed by atoms with Crippen molar-refractivity contribution in [2.24, 2.45) is 0 Å². The van der Waals surface area contributed by atoms with Gasteiger partial charge in [0.15, 0.2) is 0 Å². The van der Waals surface area contributed by atoms with Crippen LogP contribution in [0.4, 0.5) is 0 Å². The lowest BCUT2D eigenvalue weighted by Gasteiger charge is -2.05. The first-order valence-electron chi connectivity index (χ1n) is 3.66. The minimum atomic E-state index is -3.56. The second-order valence-corrected chi connectivity index (χ2v) is 5.00. The number of ether oxygens (including phenoxy) is 1. The van der Waals surface area contributed by atoms with E-state index in [-0.39, 0.29) is 18.3 Å². The van der Waals surface area contributed by atoms with Gasteiger partial charge in [-0.15, -0.1) is 0 Å². The van der Waals surface area contributed by atoms with Crippen molar-refractivity contribution in [3.8, 4) is 0 Å². The first kappa shape index (κ1) is 9.93. The molecular weight excluding hydrogens is 179 g/mol. The molecule has 70 valence electrons. The first-order valence-corrected chi connectivity index (χ1v) is 5.30. The summed E-state index contributed by atoms with van der Waals surface area (Å²) in [6.07, 6.45) is -0.0714. The quantitative estimate of drug-likeness (QED) is 0.541. The molecule has 0 amide bonds. The average Bonchev–Trinajstić information content (AvgIpc) is 2.56. The number of rotatable bonds is 4. The Labute approximate surface area is 71.7 Å². The molecule has 0 radical (unpaired) electrons. The summed E-state index contributed by atoms with van der Waals surface area (Å²) in [4.78, 5) is 8.93. The maximum absolute atomic E-state index is 10.9. The maximum Gasteiger partial charge on any atom is 0.351 e. The normalized spacial score (nSPS) is 30.8. The molecule has 1 rings (SSSR count). The Morgan fingerprint density at radius 1 is 1.83 bits per heavy atom. The largest absolute Gasteiger partial charge is 0.364 e. The van der Waals surface area contributed by atoms with Gasteiger partial charge in [-0.1, -0.05) is 6.58 Å². The van der Waals surface area contributed by atoms with Crippen LogP contribution in [0.3, 0.4) is 0 Å². The summed E-state index contributed by atoms with van der Waals surface area (Å²) >= 11 is 0. The summed E-state index contributed by atoms with van der Waals surface area (Å²) in [6.45, 7) is 7.13. The summed E-state index contributed by atoms with van der Waals surface area (Å²) in [5.41, 5.74) is -0.207. The van der Waals surface area contributed by atoms with Gasteiger partial charge in [0, 0.05) is 5.82 Å². The van der Waals surface area contributed by atoms with E-state index >= 15 is 0 Å². The second-order valence-electron chi connectivity index (χ2n) is 3.25. The van der Waals surface area contributed by atoms with Gasteiger partial charge < -0.3 is 14.2 Å². The lowest BCUT2D eigenvalue weighted by molar-refractivity contribution is 0.231. The Kier molecular flexibility index (Phi) is 2.45. The molecule has 1 N–H and O–H groups in total. The van der Waals surface area contributed by atoms with E-state index in [1.54, 1.807) is 0 Å². The predicted octanol–water partition coefficient (Wildman–Crippen LogP) is 1.51. The van der Waals surface area contributed by atoms with Crippen LogP contribution in [0.15, 0.2) is 12.4 Å². The Morgan fingerprint density at radius 2 is 2.33 bits per heavy atom. The monoisotopic (exact) mass is 192 g/mol. The zero-order valence-electron chi connectivity index (χ0n) is 7.19. The highest BCUT2D eigenvalue weighted by Gasteiger charge is 2.48. The van der Waals surface area contributed by atoms with Crippen molar-refractivity contribution in [1.82, 2.24) is 0 Å². The van der Waals surface area contributed by atoms with Crippen molar-refractivity contribution in [3.05, 3.63) is 12.4 Å². The summed E-state index contributed by atoms with van der Waals surface area (Å²) in [5.74, 6) is 0.919. The van der Waals surface area contributed by atoms with Crippen LogP contribution in [0.5, 0.6) is 0 Å². The fourth-order valence-corrected chi connectivity index (χ4v) is 1.25. The molecule has 4 nitrogen and oxygen atoms in total. The molecule has 0 aromatic heterocycles. The van der Waals surface area contributed by atoms with E-state index in [0.717, 1.165) is 5.82 Å². The second kappa shape index (κ2) is 2.96. The smallest absolute Gasteiger partial charge is 0.351 e. The SMILES string of the molecule is C=CP(=O)(O)OCC1OC1(C)C. The summed E-state index contributed by atoms with van der Waals surface area (Å²) in [6, 6.07) is 0. The third kappa shape index (κ3) is 2.42. The topological polar surface area (TPSA) is 59.1 Å². The van der Waals surface area contributed by atoms with E-state index in [9.17, 15) is 4.57 Å². The number of epoxide rings is 1. The van der Waals surface area contributed by atoms with E-state index in [0.29, 0.717) is 0 Å². The summed E-state index contributed by atoms with van der Waals surface area (Å²) < 4.78 is 20.7. The van der Waals surface area contributed by atoms with E-state index in [2.05, 4.69) is 6.58 Å². The lowest BCUT2D eigenvalue weighted by Crippen LogP contribution is -2.08. The first-order chi connectivity index (χ1) is 5.37. The van der Waals surface area contributed by atoms with Crippen LogP contribution in [-0.4, -0.2) is 23.2 Å². The van der Waals surface area contributed by atoms with Gasteiger partial charge >= 0.3 is 7.60 Å². The third-order valence-electron chi connectivity index (χ3n) is 1.81. The molecule has 0 saturated carbocycles. The zero-order valence-corrected chi connectivity index (χ0v) is 8.08. The maximum atomic E-state index is 10.9. The summed E-state index contributed by atoms with van der Waals surface area (Å²) in [7, 11) is -3.56. The van der Waals surface area contributed by atoms with Crippen LogP contribution >= 0.6 is 7.60 Å². The molecule has 2 atom stereocenters. The van der Waals surface area contributed by atoms with Crippen molar-refractivity contribution < 1.29 is 18.7 Å². The van der Waals surface area contributed by atoms with Crippen LogP contribution in [0.1, 0.15) is 13.8 Å². The molecule has 0 aliphatic carbocycles. The van der Waals surface area contributed by atoms with Crippen LogP contribution in [-0.2, 0) is 13.8 Å². The van der Waals surface area contributed by atoms with Gasteiger partial charge in [0.1, 0.15) is 6.10 Å². The van der Waals surface area contributed by atoms with E-state index in [1.807, 2.05) is 13.8 Å². The minimum Gasteiger partial charge on any atom is -0.364 e. The van der Waals surface area contributed by atoms with E-state index in [1.165, 1.54) is 0 Å². The van der Waals surface area contributed by atoms with Crippen molar-refractivity contribution in [3.63, 3.8) is 0 Å². The van der Waals surface area contributed by atoms with Gasteiger partial charge in [0.2, 0.25) is 0 Å². The van der Waals surface area contributed by atoms with E-state index < -0.39 is 7.60 Å². The molecule has 0 aromatic rings. The van der Waals surface area contributed by atoms with Gasteiger partial charge in [-0.25, -0.2) is 0 Å². The predicted molar refractivity (Wildman–Crippen MR) is 44.9 cm³/mol. The van der Waals surface area contributed by atoms with Gasteiger partial charge in [0.05, 0.1) is 12.2 Å². The van der Waals surface area contributed by atoms with Gasteiger partial charge in [0.25, 0.3) is 0 Å². The lowest BCUT2D eigenvalue weighted by atomic mass is 10.1. The highest BCUT2D eigenvalue weighted by Crippen LogP contribution is 2.45. The number of hydrogen-bond donors (Lipinski definition) is 1.